The first-order valence-electron chi connectivity index (χ1n) is 7.41. The summed E-state index contributed by atoms with van der Waals surface area (Å²) in [6, 6.07) is 6.05. The highest BCUT2D eigenvalue weighted by Crippen LogP contribution is 2.28. The van der Waals surface area contributed by atoms with Gasteiger partial charge in [-0.1, -0.05) is 17.4 Å². The monoisotopic (exact) mass is 339 g/mol. The van der Waals surface area contributed by atoms with Crippen molar-refractivity contribution in [3.05, 3.63) is 40.7 Å². The van der Waals surface area contributed by atoms with Crippen LogP contribution >= 0.6 is 11.3 Å². The lowest BCUT2D eigenvalue weighted by Gasteiger charge is -2.07. The number of rotatable bonds is 5. The van der Waals surface area contributed by atoms with Gasteiger partial charge >= 0.3 is 5.97 Å². The largest absolute Gasteiger partial charge is 0.481 e. The van der Waals surface area contributed by atoms with Gasteiger partial charge in [0.15, 0.2) is 5.82 Å². The van der Waals surface area contributed by atoms with Crippen LogP contribution in [-0.2, 0) is 17.8 Å². The quantitative estimate of drug-likeness (QED) is 0.741. The minimum absolute atomic E-state index is 0.0557. The molecule has 3 aromatic rings. The van der Waals surface area contributed by atoms with E-state index in [9.17, 15) is 4.79 Å². The molecule has 1 aliphatic heterocycles. The van der Waals surface area contributed by atoms with Crippen LogP contribution in [0.5, 0.6) is 0 Å². The molecule has 7 nitrogen and oxygen atoms in total. The molecule has 4 rings (SSSR count). The molecule has 2 aromatic heterocycles. The number of nitrogens with one attached hydrogen (secondary N) is 1. The maximum Gasteiger partial charge on any atom is 0.303 e. The fourth-order valence-electron chi connectivity index (χ4n) is 2.53. The highest BCUT2D eigenvalue weighted by atomic mass is 32.1. The summed E-state index contributed by atoms with van der Waals surface area (Å²) in [5.74, 6) is -0.216. The van der Waals surface area contributed by atoms with Crippen LogP contribution in [0.3, 0.4) is 0 Å². The van der Waals surface area contributed by atoms with E-state index in [0.717, 1.165) is 27.6 Å². The van der Waals surface area contributed by atoms with Crippen molar-refractivity contribution in [3.63, 3.8) is 0 Å². The Kier molecular flexibility index (Phi) is 3.66. The van der Waals surface area contributed by atoms with E-state index in [1.54, 1.807) is 0 Å². The van der Waals surface area contributed by atoms with Crippen LogP contribution in [0.25, 0.3) is 10.3 Å². The molecule has 24 heavy (non-hydrogen) atoms. The Morgan fingerprint density at radius 3 is 3.12 bits per heavy atom. The van der Waals surface area contributed by atoms with Crippen LogP contribution in [0, 0.1) is 0 Å². The molecule has 0 fully saturated rings. The van der Waals surface area contributed by atoms with Crippen LogP contribution in [0.1, 0.15) is 22.6 Å². The minimum atomic E-state index is -0.835. The average Bonchev–Trinajstić information content (AvgIpc) is 3.19. The lowest BCUT2D eigenvalue weighted by Crippen LogP contribution is -1.98. The van der Waals surface area contributed by atoms with Crippen LogP contribution in [0.2, 0.25) is 0 Å². The summed E-state index contributed by atoms with van der Waals surface area (Å²) < 4.78 is 0. The van der Waals surface area contributed by atoms with E-state index in [1.165, 1.54) is 23.2 Å². The number of nitrogens with zero attached hydrogens (tertiary/aromatic N) is 4. The fraction of sp³-hybridized carbons (Fsp3) is 0.188. The summed E-state index contributed by atoms with van der Waals surface area (Å²) in [4.78, 5) is 28.7. The molecule has 0 radical (unpaired) electrons. The van der Waals surface area contributed by atoms with Gasteiger partial charge in [-0.25, -0.2) is 15.0 Å². The number of aromatic nitrogens is 3. The van der Waals surface area contributed by atoms with Gasteiger partial charge in [-0.15, -0.1) is 0 Å². The molecular formula is C16H13N5O2S. The number of fused-ring (bicyclic) bond motifs is 2. The van der Waals surface area contributed by atoms with Crippen LogP contribution in [0.4, 0.5) is 11.5 Å². The van der Waals surface area contributed by atoms with E-state index < -0.39 is 5.97 Å². The van der Waals surface area contributed by atoms with Crippen molar-refractivity contribution in [3.8, 4) is 0 Å². The molecule has 1 aromatic carbocycles. The number of aryl methyl sites for hydroxylation is 1. The van der Waals surface area contributed by atoms with Crippen molar-refractivity contribution in [2.45, 2.75) is 19.4 Å². The zero-order valence-corrected chi connectivity index (χ0v) is 13.4. The predicted molar refractivity (Wildman–Crippen MR) is 92.2 cm³/mol. The van der Waals surface area contributed by atoms with Gasteiger partial charge in [0.25, 0.3) is 0 Å². The molecule has 2 N–H and O–H groups in total. The van der Waals surface area contributed by atoms with Gasteiger partial charge < -0.3 is 10.4 Å². The number of aliphatic carboxylic acids is 1. The molecule has 0 saturated carbocycles. The van der Waals surface area contributed by atoms with Crippen LogP contribution < -0.4 is 5.32 Å². The summed E-state index contributed by atoms with van der Waals surface area (Å²) >= 11 is 1.40. The fourth-order valence-corrected chi connectivity index (χ4v) is 3.43. The molecule has 8 heteroatoms. The van der Waals surface area contributed by atoms with E-state index in [1.807, 2.05) is 24.4 Å². The van der Waals surface area contributed by atoms with Crippen molar-refractivity contribution in [1.29, 1.82) is 0 Å². The number of benzene rings is 1. The van der Waals surface area contributed by atoms with Crippen molar-refractivity contribution >= 4 is 45.4 Å². The topological polar surface area (TPSA) is 100 Å². The van der Waals surface area contributed by atoms with Gasteiger partial charge in [-0.05, 0) is 23.3 Å². The maximum absolute atomic E-state index is 10.7. The number of carboxylic acid groups (broad SMARTS) is 1. The molecule has 0 atom stereocenters. The Bertz CT molecular complexity index is 966. The zero-order valence-electron chi connectivity index (χ0n) is 12.6. The van der Waals surface area contributed by atoms with E-state index in [-0.39, 0.29) is 6.42 Å². The van der Waals surface area contributed by atoms with Gasteiger partial charge in [-0.3, -0.25) is 9.79 Å². The van der Waals surface area contributed by atoms with Gasteiger partial charge in [-0.2, -0.15) is 0 Å². The summed E-state index contributed by atoms with van der Waals surface area (Å²) in [5, 5.41) is 12.8. The Morgan fingerprint density at radius 1 is 1.33 bits per heavy atom. The van der Waals surface area contributed by atoms with E-state index >= 15 is 0 Å². The average molecular weight is 339 g/mol. The van der Waals surface area contributed by atoms with Crippen molar-refractivity contribution in [2.24, 2.45) is 4.99 Å². The first-order chi connectivity index (χ1) is 11.7. The molecule has 0 saturated heterocycles. The van der Waals surface area contributed by atoms with Crippen molar-refractivity contribution in [1.82, 2.24) is 15.0 Å². The van der Waals surface area contributed by atoms with Gasteiger partial charge in [0.1, 0.15) is 16.7 Å². The highest BCUT2D eigenvalue weighted by molar-refractivity contribution is 7.18. The van der Waals surface area contributed by atoms with Gasteiger partial charge in [0, 0.05) is 18.3 Å². The zero-order chi connectivity index (χ0) is 16.5. The standard InChI is InChI=1S/C16H13N5O2S/c22-13(23)4-3-12-21-14-15(18-8-19-16(14)24-12)20-11-2-1-9-6-17-7-10(9)5-11/h1-2,5,7-8H,3-4,6H2,(H,22,23)(H,18,19,20). The summed E-state index contributed by atoms with van der Waals surface area (Å²) in [7, 11) is 0. The Balaban J connectivity index is 1.64. The van der Waals surface area contributed by atoms with Gasteiger partial charge in [0.05, 0.1) is 18.0 Å². The third-order valence-corrected chi connectivity index (χ3v) is 4.72. The smallest absolute Gasteiger partial charge is 0.303 e. The Hall–Kier alpha value is -2.87. The number of thiazole rings is 1. The number of hydrogen-bond donors (Lipinski definition) is 2. The molecule has 0 unspecified atom stereocenters. The molecular weight excluding hydrogens is 326 g/mol. The third kappa shape index (κ3) is 2.83. The Labute approximate surface area is 141 Å². The number of anilines is 2. The van der Waals surface area contributed by atoms with Crippen molar-refractivity contribution < 1.29 is 9.90 Å². The molecule has 3 heterocycles. The number of carbonyl (C=O) groups is 1. The normalized spacial score (nSPS) is 12.5. The summed E-state index contributed by atoms with van der Waals surface area (Å²) in [5.41, 5.74) is 3.88. The number of hydrogen-bond acceptors (Lipinski definition) is 7. The SMILES string of the molecule is O=C(O)CCc1nc2c(Nc3ccc4c(c3)C=NC4)ncnc2s1. The molecule has 1 aliphatic rings. The van der Waals surface area contributed by atoms with Crippen LogP contribution in [-0.4, -0.2) is 32.2 Å². The second-order valence-electron chi connectivity index (χ2n) is 5.39. The van der Waals surface area contributed by atoms with E-state index in [0.29, 0.717) is 17.8 Å². The second kappa shape index (κ2) is 5.97. The first kappa shape index (κ1) is 14.7. The second-order valence-corrected chi connectivity index (χ2v) is 6.45. The number of carboxylic acids is 1. The minimum Gasteiger partial charge on any atom is -0.481 e. The molecule has 120 valence electrons. The van der Waals surface area contributed by atoms with E-state index in [4.69, 9.17) is 5.11 Å². The maximum atomic E-state index is 10.7. The third-order valence-electron chi connectivity index (χ3n) is 3.69. The van der Waals surface area contributed by atoms with Crippen LogP contribution in [0.15, 0.2) is 29.5 Å². The first-order valence-corrected chi connectivity index (χ1v) is 8.23. The highest BCUT2D eigenvalue weighted by Gasteiger charge is 2.13. The molecule has 0 amide bonds. The molecule has 0 bridgehead atoms. The molecule has 0 aliphatic carbocycles. The van der Waals surface area contributed by atoms with Crippen molar-refractivity contribution in [2.75, 3.05) is 5.32 Å². The van der Waals surface area contributed by atoms with Gasteiger partial charge in [0.2, 0.25) is 0 Å². The predicted octanol–water partition coefficient (Wildman–Crippen LogP) is 2.78. The lowest BCUT2D eigenvalue weighted by atomic mass is 10.1. The summed E-state index contributed by atoms with van der Waals surface area (Å²) in [6.07, 6.45) is 3.80. The Morgan fingerprint density at radius 2 is 2.25 bits per heavy atom. The summed E-state index contributed by atoms with van der Waals surface area (Å²) in [6.45, 7) is 0.729. The molecule has 0 spiro atoms. The number of aliphatic imine (C=N–C) groups is 1. The lowest BCUT2D eigenvalue weighted by molar-refractivity contribution is -0.136. The van der Waals surface area contributed by atoms with E-state index in [2.05, 4.69) is 25.3 Å².